The standard InChI is InChI=1S/C22H35N5O/c1-17-21(18(2)27(25-17)14-7-13-23)10-11-22(28)24-19-12-15-26(16-19)20-8-5-3-4-6-9-20/h19-20H,3-12,14-16H2,1-2H3,(H,24,28)/t19-/m0/s1. The van der Waals surface area contributed by atoms with E-state index in [1.54, 1.807) is 0 Å². The molecule has 6 heteroatoms. The predicted octanol–water partition coefficient (Wildman–Crippen LogP) is 3.26. The molecule has 2 heterocycles. The number of hydrogen-bond acceptors (Lipinski definition) is 4. The third-order valence-electron chi connectivity index (χ3n) is 6.49. The molecule has 154 valence electrons. The maximum absolute atomic E-state index is 12.5. The highest BCUT2D eigenvalue weighted by Crippen LogP contribution is 2.25. The Morgan fingerprint density at radius 2 is 1.96 bits per heavy atom. The number of nitrogens with zero attached hydrogens (tertiary/aromatic N) is 4. The van der Waals surface area contributed by atoms with Gasteiger partial charge in [-0.25, -0.2) is 0 Å². The topological polar surface area (TPSA) is 73.9 Å². The quantitative estimate of drug-likeness (QED) is 0.731. The Morgan fingerprint density at radius 3 is 2.68 bits per heavy atom. The lowest BCUT2D eigenvalue weighted by atomic mass is 10.1. The number of nitriles is 1. The molecule has 1 aromatic rings. The molecule has 3 rings (SSSR count). The Balaban J connectivity index is 1.45. The van der Waals surface area contributed by atoms with Gasteiger partial charge in [0.25, 0.3) is 0 Å². The first kappa shape index (κ1) is 20.9. The van der Waals surface area contributed by atoms with Crippen LogP contribution in [0.1, 0.15) is 74.7 Å². The molecule has 0 unspecified atom stereocenters. The van der Waals surface area contributed by atoms with Crippen LogP contribution in [0.25, 0.3) is 0 Å². The van der Waals surface area contributed by atoms with Crippen LogP contribution in [0.2, 0.25) is 0 Å². The summed E-state index contributed by atoms with van der Waals surface area (Å²) in [6.07, 6.45) is 10.9. The Labute approximate surface area is 169 Å². The molecule has 1 atom stereocenters. The fourth-order valence-corrected chi connectivity index (χ4v) is 4.87. The highest BCUT2D eigenvalue weighted by Gasteiger charge is 2.29. The largest absolute Gasteiger partial charge is 0.352 e. The van der Waals surface area contributed by atoms with E-state index in [0.717, 1.165) is 48.9 Å². The Hall–Kier alpha value is -1.87. The molecule has 0 bridgehead atoms. The van der Waals surface area contributed by atoms with Crippen LogP contribution in [-0.4, -0.2) is 45.8 Å². The van der Waals surface area contributed by atoms with Crippen molar-refractivity contribution in [2.24, 2.45) is 0 Å². The van der Waals surface area contributed by atoms with Crippen molar-refractivity contribution in [3.05, 3.63) is 17.0 Å². The van der Waals surface area contributed by atoms with Gasteiger partial charge in [0.05, 0.1) is 24.7 Å². The van der Waals surface area contributed by atoms with Gasteiger partial charge in [0.15, 0.2) is 0 Å². The first-order valence-corrected chi connectivity index (χ1v) is 11.0. The summed E-state index contributed by atoms with van der Waals surface area (Å²) in [7, 11) is 0. The van der Waals surface area contributed by atoms with Gasteiger partial charge in [-0.2, -0.15) is 10.4 Å². The number of nitrogens with one attached hydrogen (secondary N) is 1. The normalized spacial score (nSPS) is 21.4. The van der Waals surface area contributed by atoms with E-state index in [2.05, 4.69) is 21.4 Å². The molecule has 0 aromatic carbocycles. The van der Waals surface area contributed by atoms with Gasteiger partial charge in [0.1, 0.15) is 0 Å². The van der Waals surface area contributed by atoms with Crippen LogP contribution < -0.4 is 5.32 Å². The van der Waals surface area contributed by atoms with Crippen LogP contribution in [0.5, 0.6) is 0 Å². The third kappa shape index (κ3) is 5.35. The highest BCUT2D eigenvalue weighted by atomic mass is 16.1. The van der Waals surface area contributed by atoms with Crippen molar-refractivity contribution in [2.45, 2.75) is 96.7 Å². The highest BCUT2D eigenvalue weighted by molar-refractivity contribution is 5.76. The molecule has 2 aliphatic rings. The van der Waals surface area contributed by atoms with Crippen LogP contribution in [0.4, 0.5) is 0 Å². The SMILES string of the molecule is Cc1nn(CCC#N)c(C)c1CCC(=O)N[C@H]1CCN(C2CCCCCC2)C1. The maximum atomic E-state index is 12.5. The summed E-state index contributed by atoms with van der Waals surface area (Å²) in [5.41, 5.74) is 3.21. The van der Waals surface area contributed by atoms with E-state index in [4.69, 9.17) is 5.26 Å². The molecule has 28 heavy (non-hydrogen) atoms. The zero-order chi connectivity index (χ0) is 19.9. The van der Waals surface area contributed by atoms with Gasteiger partial charge in [0.2, 0.25) is 5.91 Å². The molecule has 1 aliphatic carbocycles. The van der Waals surface area contributed by atoms with E-state index in [0.29, 0.717) is 25.4 Å². The van der Waals surface area contributed by atoms with Crippen LogP contribution in [0.3, 0.4) is 0 Å². The third-order valence-corrected chi connectivity index (χ3v) is 6.49. The van der Waals surface area contributed by atoms with Crippen molar-refractivity contribution in [1.29, 1.82) is 5.26 Å². The second kappa shape index (κ2) is 10.1. The Morgan fingerprint density at radius 1 is 1.21 bits per heavy atom. The van der Waals surface area contributed by atoms with Crippen molar-refractivity contribution in [3.63, 3.8) is 0 Å². The number of likely N-dealkylation sites (tertiary alicyclic amines) is 1. The number of carbonyl (C=O) groups excluding carboxylic acids is 1. The molecule has 0 spiro atoms. The number of aryl methyl sites for hydroxylation is 2. The minimum Gasteiger partial charge on any atom is -0.352 e. The van der Waals surface area contributed by atoms with Gasteiger partial charge >= 0.3 is 0 Å². The zero-order valence-electron chi connectivity index (χ0n) is 17.5. The lowest BCUT2D eigenvalue weighted by molar-refractivity contribution is -0.121. The van der Waals surface area contributed by atoms with E-state index < -0.39 is 0 Å². The van der Waals surface area contributed by atoms with Crippen molar-refractivity contribution in [3.8, 4) is 6.07 Å². The Bertz CT molecular complexity index is 697. The van der Waals surface area contributed by atoms with Crippen molar-refractivity contribution >= 4 is 5.91 Å². The molecule has 2 fully saturated rings. The molecule has 0 radical (unpaired) electrons. The Kier molecular flexibility index (Phi) is 7.50. The average molecular weight is 386 g/mol. The molecule has 1 aliphatic heterocycles. The molecule has 1 N–H and O–H groups in total. The van der Waals surface area contributed by atoms with Gasteiger partial charge in [0, 0.05) is 37.3 Å². The lowest BCUT2D eigenvalue weighted by Gasteiger charge is -2.26. The van der Waals surface area contributed by atoms with Gasteiger partial charge in [-0.15, -0.1) is 0 Å². The lowest BCUT2D eigenvalue weighted by Crippen LogP contribution is -2.39. The summed E-state index contributed by atoms with van der Waals surface area (Å²) >= 11 is 0. The molecular formula is C22H35N5O. The van der Waals surface area contributed by atoms with Gasteiger partial charge in [-0.05, 0) is 45.1 Å². The van der Waals surface area contributed by atoms with Crippen molar-refractivity contribution in [1.82, 2.24) is 20.0 Å². The van der Waals surface area contributed by atoms with Gasteiger partial charge in [-0.1, -0.05) is 25.7 Å². The van der Waals surface area contributed by atoms with Gasteiger partial charge < -0.3 is 5.32 Å². The van der Waals surface area contributed by atoms with Gasteiger partial charge in [-0.3, -0.25) is 14.4 Å². The number of carbonyl (C=O) groups is 1. The summed E-state index contributed by atoms with van der Waals surface area (Å²) in [6, 6.07) is 3.20. The smallest absolute Gasteiger partial charge is 0.220 e. The summed E-state index contributed by atoms with van der Waals surface area (Å²) in [4.78, 5) is 15.1. The molecular weight excluding hydrogens is 350 g/mol. The number of aromatic nitrogens is 2. The molecule has 6 nitrogen and oxygen atoms in total. The van der Waals surface area contributed by atoms with E-state index in [9.17, 15) is 4.79 Å². The molecule has 1 amide bonds. The minimum absolute atomic E-state index is 0.149. The summed E-state index contributed by atoms with van der Waals surface area (Å²) in [5, 5.41) is 16.6. The molecule has 1 aromatic heterocycles. The van der Waals surface area contributed by atoms with E-state index in [1.807, 2.05) is 18.5 Å². The first-order valence-electron chi connectivity index (χ1n) is 11.0. The average Bonchev–Trinajstić information content (AvgIpc) is 3.11. The summed E-state index contributed by atoms with van der Waals surface area (Å²) in [5.74, 6) is 0.149. The molecule has 1 saturated heterocycles. The van der Waals surface area contributed by atoms with E-state index >= 15 is 0 Å². The molecule has 1 saturated carbocycles. The second-order valence-electron chi connectivity index (χ2n) is 8.47. The van der Waals surface area contributed by atoms with Crippen LogP contribution >= 0.6 is 0 Å². The van der Waals surface area contributed by atoms with Crippen LogP contribution in [0.15, 0.2) is 0 Å². The monoisotopic (exact) mass is 385 g/mol. The number of rotatable bonds is 7. The number of hydrogen-bond donors (Lipinski definition) is 1. The summed E-state index contributed by atoms with van der Waals surface area (Å²) < 4.78 is 1.90. The van der Waals surface area contributed by atoms with Crippen LogP contribution in [0, 0.1) is 25.2 Å². The maximum Gasteiger partial charge on any atom is 0.220 e. The fourth-order valence-electron chi connectivity index (χ4n) is 4.87. The summed E-state index contributed by atoms with van der Waals surface area (Å²) in [6.45, 7) is 6.78. The van der Waals surface area contributed by atoms with Crippen molar-refractivity contribution in [2.75, 3.05) is 13.1 Å². The first-order chi connectivity index (χ1) is 13.6. The second-order valence-corrected chi connectivity index (χ2v) is 8.47. The van der Waals surface area contributed by atoms with Crippen LogP contribution in [-0.2, 0) is 17.8 Å². The minimum atomic E-state index is 0.149. The van der Waals surface area contributed by atoms with Crippen molar-refractivity contribution < 1.29 is 4.79 Å². The van der Waals surface area contributed by atoms with E-state index in [-0.39, 0.29) is 5.91 Å². The number of amides is 1. The zero-order valence-corrected chi connectivity index (χ0v) is 17.5. The predicted molar refractivity (Wildman–Crippen MR) is 110 cm³/mol. The fraction of sp³-hybridized carbons (Fsp3) is 0.773. The van der Waals surface area contributed by atoms with E-state index in [1.165, 1.54) is 38.5 Å².